The largest absolute Gasteiger partial charge is 0.352 e. The molecule has 1 aliphatic rings. The molecule has 0 aliphatic carbocycles. The van der Waals surface area contributed by atoms with E-state index in [1.807, 2.05) is 28.5 Å². The van der Waals surface area contributed by atoms with Crippen LogP contribution in [0.2, 0.25) is 0 Å². The first-order chi connectivity index (χ1) is 12.6. The van der Waals surface area contributed by atoms with Gasteiger partial charge in [0.25, 0.3) is 0 Å². The van der Waals surface area contributed by atoms with Crippen molar-refractivity contribution in [1.82, 2.24) is 9.27 Å². The minimum atomic E-state index is 0.0535. The summed E-state index contributed by atoms with van der Waals surface area (Å²) in [6, 6.07) is 10.1. The Morgan fingerprint density at radius 1 is 1.15 bits per heavy atom. The highest BCUT2D eigenvalue weighted by atomic mass is 32.1. The van der Waals surface area contributed by atoms with E-state index in [-0.39, 0.29) is 11.7 Å². The zero-order valence-corrected chi connectivity index (χ0v) is 16.1. The molecule has 134 valence electrons. The molecule has 0 unspecified atom stereocenters. The topological polar surface area (TPSA) is 53.5 Å². The number of ketones is 1. The van der Waals surface area contributed by atoms with Crippen LogP contribution in [0.4, 0.5) is 5.82 Å². The molecule has 0 N–H and O–H groups in total. The van der Waals surface area contributed by atoms with E-state index >= 15 is 0 Å². The van der Waals surface area contributed by atoms with Crippen LogP contribution in [0.3, 0.4) is 0 Å². The second-order valence-corrected chi connectivity index (χ2v) is 8.14. The number of carbonyl (C=O) groups excluding carboxylic acids is 2. The first kappa shape index (κ1) is 17.2. The predicted molar refractivity (Wildman–Crippen MR) is 106 cm³/mol. The number of thiophene rings is 1. The van der Waals surface area contributed by atoms with Gasteiger partial charge >= 0.3 is 0 Å². The van der Waals surface area contributed by atoms with Crippen molar-refractivity contribution in [3.05, 3.63) is 46.2 Å². The Balaban J connectivity index is 1.38. The fourth-order valence-electron chi connectivity index (χ4n) is 3.21. The lowest BCUT2D eigenvalue weighted by molar-refractivity contribution is -0.130. The van der Waals surface area contributed by atoms with E-state index in [4.69, 9.17) is 0 Å². The normalized spacial score (nSPS) is 14.8. The van der Waals surface area contributed by atoms with Crippen LogP contribution in [0.25, 0.3) is 10.1 Å². The van der Waals surface area contributed by atoms with Crippen LogP contribution in [0.5, 0.6) is 0 Å². The summed E-state index contributed by atoms with van der Waals surface area (Å²) < 4.78 is 5.80. The third kappa shape index (κ3) is 3.37. The number of nitrogens with zero attached hydrogens (tertiary/aromatic N) is 3. The smallest absolute Gasteiger partial charge is 0.227 e. The van der Waals surface area contributed by atoms with Crippen LogP contribution in [0.1, 0.15) is 22.2 Å². The van der Waals surface area contributed by atoms with Gasteiger partial charge in [0, 0.05) is 31.6 Å². The fourth-order valence-corrected chi connectivity index (χ4v) is 4.82. The Morgan fingerprint density at radius 2 is 1.92 bits per heavy atom. The molecule has 1 amide bonds. The van der Waals surface area contributed by atoms with Gasteiger partial charge in [0.15, 0.2) is 5.78 Å². The summed E-state index contributed by atoms with van der Waals surface area (Å²) in [5, 5.41) is 3.10. The van der Waals surface area contributed by atoms with Crippen molar-refractivity contribution in [2.75, 3.05) is 31.1 Å². The number of carbonyl (C=O) groups is 2. The van der Waals surface area contributed by atoms with Gasteiger partial charge in [0.2, 0.25) is 5.91 Å². The highest BCUT2D eigenvalue weighted by Gasteiger charge is 2.24. The average Bonchev–Trinajstić information content (AvgIpc) is 3.29. The molecule has 0 radical (unpaired) electrons. The summed E-state index contributed by atoms with van der Waals surface area (Å²) in [6.07, 6.45) is 0.364. The molecular formula is C19H19N3O2S2. The summed E-state index contributed by atoms with van der Waals surface area (Å²) in [7, 11) is 0. The van der Waals surface area contributed by atoms with E-state index in [0.717, 1.165) is 24.5 Å². The molecule has 5 nitrogen and oxygen atoms in total. The predicted octanol–water partition coefficient (Wildman–Crippen LogP) is 3.45. The number of benzene rings is 1. The number of Topliss-reactive ketones (excluding diaryl/α,β-unsaturated/α-hetero) is 1. The zero-order chi connectivity index (χ0) is 18.1. The summed E-state index contributed by atoms with van der Waals surface area (Å²) >= 11 is 2.93. The maximum Gasteiger partial charge on any atom is 0.227 e. The standard InChI is InChI=1S/C19H19N3O2S2/c1-13(23)17-10-14(12-25-17)11-18(24)21-6-8-22(9-7-21)19-15-4-2-3-5-16(15)26-20-19/h2-5,10,12H,6-9,11H2,1H3. The molecule has 0 atom stereocenters. The second kappa shape index (κ2) is 7.17. The quantitative estimate of drug-likeness (QED) is 0.646. The molecule has 3 aromatic rings. The van der Waals surface area contributed by atoms with Gasteiger partial charge < -0.3 is 9.80 Å². The average molecular weight is 386 g/mol. The van der Waals surface area contributed by atoms with Gasteiger partial charge in [-0.15, -0.1) is 11.3 Å². The third-order valence-electron chi connectivity index (χ3n) is 4.65. The van der Waals surface area contributed by atoms with Gasteiger partial charge in [-0.1, -0.05) is 12.1 Å². The number of amides is 1. The van der Waals surface area contributed by atoms with Crippen molar-refractivity contribution in [2.45, 2.75) is 13.3 Å². The van der Waals surface area contributed by atoms with E-state index in [1.165, 1.54) is 33.0 Å². The van der Waals surface area contributed by atoms with Crippen molar-refractivity contribution < 1.29 is 9.59 Å². The third-order valence-corrected chi connectivity index (χ3v) is 6.54. The van der Waals surface area contributed by atoms with E-state index in [9.17, 15) is 9.59 Å². The zero-order valence-electron chi connectivity index (χ0n) is 14.5. The fraction of sp³-hybridized carbons (Fsp3) is 0.316. The van der Waals surface area contributed by atoms with Gasteiger partial charge in [0.05, 0.1) is 16.0 Å². The van der Waals surface area contributed by atoms with Gasteiger partial charge in [0.1, 0.15) is 5.82 Å². The molecule has 1 aromatic carbocycles. The van der Waals surface area contributed by atoms with E-state index in [1.54, 1.807) is 6.92 Å². The molecule has 1 aliphatic heterocycles. The summed E-state index contributed by atoms with van der Waals surface area (Å²) in [5.74, 6) is 1.21. The second-order valence-electron chi connectivity index (χ2n) is 6.42. The Labute approximate surface area is 160 Å². The van der Waals surface area contributed by atoms with Gasteiger partial charge in [-0.3, -0.25) is 9.59 Å². The molecule has 2 aromatic heterocycles. The minimum absolute atomic E-state index is 0.0535. The number of hydrogen-bond acceptors (Lipinski definition) is 6. The molecule has 0 bridgehead atoms. The molecule has 0 spiro atoms. The molecule has 1 fully saturated rings. The molecule has 0 saturated carbocycles. The summed E-state index contributed by atoms with van der Waals surface area (Å²) in [6.45, 7) is 4.55. The van der Waals surface area contributed by atoms with E-state index < -0.39 is 0 Å². The van der Waals surface area contributed by atoms with Crippen molar-refractivity contribution in [2.24, 2.45) is 0 Å². The first-order valence-electron chi connectivity index (χ1n) is 8.57. The molecule has 1 saturated heterocycles. The number of aromatic nitrogens is 1. The lowest BCUT2D eigenvalue weighted by Crippen LogP contribution is -2.49. The molecule has 3 heterocycles. The molecule has 4 rings (SSSR count). The van der Waals surface area contributed by atoms with Crippen molar-refractivity contribution >= 4 is 50.5 Å². The maximum atomic E-state index is 12.6. The van der Waals surface area contributed by atoms with Gasteiger partial charge in [-0.25, -0.2) is 0 Å². The number of piperazine rings is 1. The monoisotopic (exact) mass is 385 g/mol. The van der Waals surface area contributed by atoms with Crippen LogP contribution in [0, 0.1) is 0 Å². The van der Waals surface area contributed by atoms with Crippen molar-refractivity contribution in [1.29, 1.82) is 0 Å². The molecule has 7 heteroatoms. The van der Waals surface area contributed by atoms with Crippen LogP contribution in [-0.4, -0.2) is 47.1 Å². The van der Waals surface area contributed by atoms with Gasteiger partial charge in [-0.05, 0) is 47.6 Å². The Bertz CT molecular complexity index is 955. The lowest BCUT2D eigenvalue weighted by Gasteiger charge is -2.35. The molecule has 26 heavy (non-hydrogen) atoms. The number of anilines is 1. The Kier molecular flexibility index (Phi) is 4.74. The van der Waals surface area contributed by atoms with Crippen molar-refractivity contribution in [3.63, 3.8) is 0 Å². The maximum absolute atomic E-state index is 12.6. The highest BCUT2D eigenvalue weighted by Crippen LogP contribution is 2.29. The Morgan fingerprint density at radius 3 is 2.65 bits per heavy atom. The van der Waals surface area contributed by atoms with Crippen LogP contribution < -0.4 is 4.90 Å². The summed E-state index contributed by atoms with van der Waals surface area (Å²) in [5.41, 5.74) is 0.929. The summed E-state index contributed by atoms with van der Waals surface area (Å²) in [4.78, 5) is 28.9. The van der Waals surface area contributed by atoms with Crippen LogP contribution in [-0.2, 0) is 11.2 Å². The van der Waals surface area contributed by atoms with E-state index in [0.29, 0.717) is 24.4 Å². The van der Waals surface area contributed by atoms with E-state index in [2.05, 4.69) is 21.4 Å². The lowest BCUT2D eigenvalue weighted by atomic mass is 10.2. The number of fused-ring (bicyclic) bond motifs is 1. The van der Waals surface area contributed by atoms with Gasteiger partial charge in [-0.2, -0.15) is 4.37 Å². The van der Waals surface area contributed by atoms with Crippen LogP contribution in [0.15, 0.2) is 35.7 Å². The first-order valence-corrected chi connectivity index (χ1v) is 10.2. The number of hydrogen-bond donors (Lipinski definition) is 0. The minimum Gasteiger partial charge on any atom is -0.352 e. The SMILES string of the molecule is CC(=O)c1cc(CC(=O)N2CCN(c3nsc4ccccc34)CC2)cs1. The number of rotatable bonds is 4. The molecular weight excluding hydrogens is 366 g/mol. The van der Waals surface area contributed by atoms with Crippen LogP contribution >= 0.6 is 22.9 Å². The Hall–Kier alpha value is -2.25. The van der Waals surface area contributed by atoms with Crippen molar-refractivity contribution in [3.8, 4) is 0 Å². The highest BCUT2D eigenvalue weighted by molar-refractivity contribution is 7.13.